The zero-order valence-electron chi connectivity index (χ0n) is 22.0. The Hall–Kier alpha value is -3.39. The van der Waals surface area contributed by atoms with Gasteiger partial charge in [-0.1, -0.05) is 38.1 Å². The summed E-state index contributed by atoms with van der Waals surface area (Å²) in [6, 6.07) is 12.4. The van der Waals surface area contributed by atoms with E-state index in [9.17, 15) is 9.18 Å². The summed E-state index contributed by atoms with van der Waals surface area (Å²) in [6.07, 6.45) is 1.60. The molecule has 0 unspecified atom stereocenters. The Morgan fingerprint density at radius 1 is 1.08 bits per heavy atom. The van der Waals surface area contributed by atoms with Crippen LogP contribution in [0, 0.1) is 19.7 Å². The molecule has 0 fully saturated rings. The van der Waals surface area contributed by atoms with Gasteiger partial charge in [0, 0.05) is 18.7 Å². The van der Waals surface area contributed by atoms with Gasteiger partial charge in [0.05, 0.1) is 17.1 Å². The quantitative estimate of drug-likeness (QED) is 0.332. The number of aromatic nitrogens is 5. The lowest BCUT2D eigenvalue weighted by atomic mass is 10.0. The fraction of sp³-hybridized carbons (Fsp3) is 0.429. The normalized spacial score (nSPS) is 13.0. The Balaban J connectivity index is 1.79. The van der Waals surface area contributed by atoms with Crippen molar-refractivity contribution in [1.82, 2.24) is 30.1 Å². The molecule has 7 nitrogen and oxygen atoms in total. The summed E-state index contributed by atoms with van der Waals surface area (Å²) in [4.78, 5) is 18.5. The maximum atomic E-state index is 13.6. The first kappa shape index (κ1) is 25.7. The van der Waals surface area contributed by atoms with Gasteiger partial charge in [0.15, 0.2) is 5.82 Å². The number of benzene rings is 2. The number of hydrogen-bond acceptors (Lipinski definition) is 5. The van der Waals surface area contributed by atoms with Gasteiger partial charge in [-0.25, -0.2) is 9.07 Å². The Morgan fingerprint density at radius 2 is 1.81 bits per heavy atom. The molecule has 0 aliphatic heterocycles. The van der Waals surface area contributed by atoms with Crippen molar-refractivity contribution in [3.05, 3.63) is 86.7 Å². The van der Waals surface area contributed by atoms with Crippen LogP contribution in [0.5, 0.6) is 0 Å². The fourth-order valence-corrected chi connectivity index (χ4v) is 4.59. The number of fused-ring (bicyclic) bond motifs is 1. The van der Waals surface area contributed by atoms with Crippen molar-refractivity contribution >= 4 is 10.9 Å². The van der Waals surface area contributed by atoms with Gasteiger partial charge in [0.25, 0.3) is 5.56 Å². The highest BCUT2D eigenvalue weighted by molar-refractivity contribution is 5.83. The molecule has 0 saturated heterocycles. The predicted molar refractivity (Wildman–Crippen MR) is 140 cm³/mol. The molecule has 0 bridgehead atoms. The van der Waals surface area contributed by atoms with Crippen molar-refractivity contribution in [3.8, 4) is 0 Å². The Kier molecular flexibility index (Phi) is 7.36. The van der Waals surface area contributed by atoms with Gasteiger partial charge < -0.3 is 4.98 Å². The van der Waals surface area contributed by atoms with Crippen molar-refractivity contribution in [1.29, 1.82) is 0 Å². The van der Waals surface area contributed by atoms with E-state index < -0.39 is 0 Å². The smallest absolute Gasteiger partial charge is 0.252 e. The summed E-state index contributed by atoms with van der Waals surface area (Å²) < 4.78 is 15.5. The highest BCUT2D eigenvalue weighted by atomic mass is 19.1. The van der Waals surface area contributed by atoms with Gasteiger partial charge in [-0.3, -0.25) is 9.69 Å². The van der Waals surface area contributed by atoms with Crippen LogP contribution in [0.3, 0.4) is 0 Å². The zero-order chi connectivity index (χ0) is 26.0. The lowest BCUT2D eigenvalue weighted by molar-refractivity contribution is 0.150. The molecular formula is C28H35FN6O. The molecule has 0 saturated carbocycles. The Labute approximate surface area is 211 Å². The van der Waals surface area contributed by atoms with Crippen LogP contribution >= 0.6 is 0 Å². The van der Waals surface area contributed by atoms with Gasteiger partial charge in [0.1, 0.15) is 5.82 Å². The van der Waals surface area contributed by atoms with Crippen LogP contribution in [0.25, 0.3) is 10.9 Å². The Bertz CT molecular complexity index is 1410. The minimum atomic E-state index is -0.275. The second-order valence-electron chi connectivity index (χ2n) is 10.2. The molecule has 1 atom stereocenters. The summed E-state index contributed by atoms with van der Waals surface area (Å²) in [6.45, 7) is 13.4. The van der Waals surface area contributed by atoms with E-state index in [1.165, 1.54) is 12.1 Å². The standard InChI is InChI=1S/C28H35FN6O/c1-7-24(26-31-32-33-35(26)28(5,6)8-2)34(16-20-10-13-23(29)14-11-20)17-22-15-21-12-9-18(3)19(4)25(21)30-27(22)36/h9-15,24H,7-8,16-17H2,1-6H3,(H,30,36)/t24-/m1/s1. The number of rotatable bonds is 9. The number of pyridine rings is 1. The molecular weight excluding hydrogens is 455 g/mol. The molecule has 190 valence electrons. The zero-order valence-corrected chi connectivity index (χ0v) is 22.0. The van der Waals surface area contributed by atoms with Gasteiger partial charge in [-0.2, -0.15) is 0 Å². The fourth-order valence-electron chi connectivity index (χ4n) is 4.59. The summed E-state index contributed by atoms with van der Waals surface area (Å²) in [7, 11) is 0. The van der Waals surface area contributed by atoms with E-state index in [-0.39, 0.29) is 23.0 Å². The third-order valence-corrected chi connectivity index (χ3v) is 7.36. The van der Waals surface area contributed by atoms with E-state index in [1.54, 1.807) is 12.1 Å². The first-order valence-corrected chi connectivity index (χ1v) is 12.5. The second kappa shape index (κ2) is 10.3. The molecule has 36 heavy (non-hydrogen) atoms. The van der Waals surface area contributed by atoms with Crippen molar-refractivity contribution < 1.29 is 4.39 Å². The van der Waals surface area contributed by atoms with E-state index >= 15 is 0 Å². The maximum absolute atomic E-state index is 13.6. The van der Waals surface area contributed by atoms with Crippen LogP contribution in [0.15, 0.2) is 47.3 Å². The Morgan fingerprint density at radius 3 is 2.47 bits per heavy atom. The molecule has 8 heteroatoms. The maximum Gasteiger partial charge on any atom is 0.252 e. The molecule has 0 aliphatic rings. The van der Waals surface area contributed by atoms with E-state index in [1.807, 2.05) is 30.7 Å². The molecule has 0 amide bonds. The minimum absolute atomic E-state index is 0.108. The molecule has 0 radical (unpaired) electrons. The monoisotopic (exact) mass is 490 g/mol. The second-order valence-corrected chi connectivity index (χ2v) is 10.2. The summed E-state index contributed by atoms with van der Waals surface area (Å²) in [5, 5.41) is 13.8. The first-order chi connectivity index (χ1) is 17.1. The minimum Gasteiger partial charge on any atom is -0.321 e. The lowest BCUT2D eigenvalue weighted by Crippen LogP contribution is -2.36. The molecule has 2 aromatic carbocycles. The van der Waals surface area contributed by atoms with Crippen molar-refractivity contribution in [2.45, 2.75) is 79.1 Å². The summed E-state index contributed by atoms with van der Waals surface area (Å²) >= 11 is 0. The van der Waals surface area contributed by atoms with E-state index in [0.717, 1.165) is 46.3 Å². The molecule has 4 rings (SSSR count). The average Bonchev–Trinajstić information content (AvgIpc) is 3.35. The van der Waals surface area contributed by atoms with E-state index in [0.29, 0.717) is 18.7 Å². The van der Waals surface area contributed by atoms with Crippen LogP contribution in [-0.4, -0.2) is 30.1 Å². The summed E-state index contributed by atoms with van der Waals surface area (Å²) in [5.74, 6) is 0.484. The topological polar surface area (TPSA) is 79.7 Å². The number of aryl methyl sites for hydroxylation is 2. The number of halogens is 1. The lowest BCUT2D eigenvalue weighted by Gasteiger charge is -2.33. The van der Waals surface area contributed by atoms with Crippen LogP contribution < -0.4 is 5.56 Å². The largest absolute Gasteiger partial charge is 0.321 e. The van der Waals surface area contributed by atoms with Gasteiger partial charge in [0.2, 0.25) is 0 Å². The van der Waals surface area contributed by atoms with Crippen LogP contribution in [0.4, 0.5) is 4.39 Å². The number of aromatic amines is 1. The van der Waals surface area contributed by atoms with E-state index in [2.05, 4.69) is 59.2 Å². The molecule has 0 spiro atoms. The van der Waals surface area contributed by atoms with Gasteiger partial charge in [-0.05, 0) is 91.2 Å². The number of nitrogens with zero attached hydrogens (tertiary/aromatic N) is 5. The van der Waals surface area contributed by atoms with E-state index in [4.69, 9.17) is 0 Å². The molecule has 0 aliphatic carbocycles. The highest BCUT2D eigenvalue weighted by Crippen LogP contribution is 2.30. The van der Waals surface area contributed by atoms with Crippen molar-refractivity contribution in [3.63, 3.8) is 0 Å². The molecule has 4 aromatic rings. The van der Waals surface area contributed by atoms with Gasteiger partial charge in [-0.15, -0.1) is 5.10 Å². The molecule has 2 aromatic heterocycles. The summed E-state index contributed by atoms with van der Waals surface area (Å²) in [5.41, 5.74) is 4.33. The number of tetrazole rings is 1. The molecule has 2 heterocycles. The van der Waals surface area contributed by atoms with Crippen molar-refractivity contribution in [2.24, 2.45) is 0 Å². The average molecular weight is 491 g/mol. The molecule has 1 N–H and O–H groups in total. The third kappa shape index (κ3) is 5.09. The predicted octanol–water partition coefficient (Wildman–Crippen LogP) is 5.57. The third-order valence-electron chi connectivity index (χ3n) is 7.36. The highest BCUT2D eigenvalue weighted by Gasteiger charge is 2.31. The number of H-pyrrole nitrogens is 1. The van der Waals surface area contributed by atoms with Crippen LogP contribution in [0.2, 0.25) is 0 Å². The van der Waals surface area contributed by atoms with Crippen LogP contribution in [-0.2, 0) is 18.6 Å². The number of nitrogens with one attached hydrogen (secondary N) is 1. The van der Waals surface area contributed by atoms with Crippen LogP contribution in [0.1, 0.15) is 74.7 Å². The SMILES string of the molecule is CC[C@H](c1nnnn1C(C)(C)CC)N(Cc1ccc(F)cc1)Cc1cc2ccc(C)c(C)c2[nH]c1=O. The van der Waals surface area contributed by atoms with Gasteiger partial charge >= 0.3 is 0 Å². The number of hydrogen-bond donors (Lipinski definition) is 1. The first-order valence-electron chi connectivity index (χ1n) is 12.5. The van der Waals surface area contributed by atoms with Crippen molar-refractivity contribution in [2.75, 3.05) is 0 Å².